The van der Waals surface area contributed by atoms with E-state index in [1.807, 2.05) is 39.0 Å². The molecule has 0 aliphatic heterocycles. The Morgan fingerprint density at radius 1 is 1.55 bits per heavy atom. The van der Waals surface area contributed by atoms with Crippen LogP contribution in [-0.2, 0) is 4.79 Å². The molecule has 1 amide bonds. The number of amides is 1. The summed E-state index contributed by atoms with van der Waals surface area (Å²) in [4.78, 5) is 11.9. The monoisotopic (exact) mass is 336 g/mol. The van der Waals surface area contributed by atoms with Crippen LogP contribution in [0.3, 0.4) is 0 Å². The Balaban J connectivity index is 3.15. The lowest BCUT2D eigenvalue weighted by molar-refractivity contribution is -0.117. The molecule has 0 spiro atoms. The third-order valence-electron chi connectivity index (χ3n) is 2.36. The van der Waals surface area contributed by atoms with Crippen molar-refractivity contribution in [2.45, 2.75) is 26.8 Å². The molecule has 0 unspecified atom stereocenters. The zero-order valence-corrected chi connectivity index (χ0v) is 13.3. The van der Waals surface area contributed by atoms with Crippen LogP contribution in [0.5, 0.6) is 5.75 Å². The van der Waals surface area contributed by atoms with Gasteiger partial charge in [-0.2, -0.15) is 5.26 Å². The fraction of sp³-hybridized carbons (Fsp3) is 0.333. The number of hydrogen-bond donors (Lipinski definition) is 1. The molecule has 0 saturated carbocycles. The summed E-state index contributed by atoms with van der Waals surface area (Å²) in [5.41, 5.74) is 0.745. The molecular weight excluding hydrogens is 320 g/mol. The number of nitriles is 1. The molecule has 5 heteroatoms. The van der Waals surface area contributed by atoms with Crippen molar-refractivity contribution in [1.29, 1.82) is 5.26 Å². The molecule has 4 nitrogen and oxygen atoms in total. The molecule has 0 bridgehead atoms. The zero-order valence-electron chi connectivity index (χ0n) is 11.7. The third-order valence-corrected chi connectivity index (χ3v) is 2.85. The van der Waals surface area contributed by atoms with Crippen LogP contribution in [0.2, 0.25) is 0 Å². The minimum absolute atomic E-state index is 0.0203. The first-order valence-corrected chi connectivity index (χ1v) is 7.12. The van der Waals surface area contributed by atoms with Crippen LogP contribution in [0.4, 0.5) is 0 Å². The van der Waals surface area contributed by atoms with Crippen LogP contribution in [0.15, 0.2) is 28.2 Å². The van der Waals surface area contributed by atoms with Crippen molar-refractivity contribution < 1.29 is 9.53 Å². The minimum Gasteiger partial charge on any atom is -0.493 e. The topological polar surface area (TPSA) is 62.1 Å². The molecule has 1 aromatic carbocycles. The van der Waals surface area contributed by atoms with Gasteiger partial charge in [-0.15, -0.1) is 0 Å². The van der Waals surface area contributed by atoms with E-state index >= 15 is 0 Å². The van der Waals surface area contributed by atoms with E-state index in [-0.39, 0.29) is 17.5 Å². The van der Waals surface area contributed by atoms with Gasteiger partial charge in [0.1, 0.15) is 17.4 Å². The molecule has 0 aliphatic rings. The number of halogens is 1. The van der Waals surface area contributed by atoms with Gasteiger partial charge in [0.2, 0.25) is 0 Å². The van der Waals surface area contributed by atoms with Crippen LogP contribution < -0.4 is 10.1 Å². The van der Waals surface area contributed by atoms with Gasteiger partial charge in [0.05, 0.1) is 6.61 Å². The average molecular weight is 337 g/mol. The van der Waals surface area contributed by atoms with Crippen molar-refractivity contribution >= 4 is 27.9 Å². The number of nitrogens with zero attached hydrogens (tertiary/aromatic N) is 1. The van der Waals surface area contributed by atoms with E-state index in [0.29, 0.717) is 17.9 Å². The second-order valence-corrected chi connectivity index (χ2v) is 5.33. The Labute approximate surface area is 127 Å². The fourth-order valence-corrected chi connectivity index (χ4v) is 1.94. The molecule has 1 N–H and O–H groups in total. The largest absolute Gasteiger partial charge is 0.493 e. The van der Waals surface area contributed by atoms with Gasteiger partial charge in [-0.1, -0.05) is 15.9 Å². The lowest BCUT2D eigenvalue weighted by atomic mass is 10.1. The number of benzene rings is 1. The maximum absolute atomic E-state index is 11.9. The Morgan fingerprint density at radius 2 is 2.25 bits per heavy atom. The van der Waals surface area contributed by atoms with E-state index in [9.17, 15) is 4.79 Å². The summed E-state index contributed by atoms with van der Waals surface area (Å²) in [5.74, 6) is 0.255. The Morgan fingerprint density at radius 3 is 2.80 bits per heavy atom. The highest BCUT2D eigenvalue weighted by atomic mass is 79.9. The van der Waals surface area contributed by atoms with Crippen LogP contribution in [0, 0.1) is 11.3 Å². The molecule has 0 radical (unpaired) electrons. The number of carbonyl (C=O) groups excluding carboxylic acids is 1. The summed E-state index contributed by atoms with van der Waals surface area (Å²) in [5, 5.41) is 11.8. The third kappa shape index (κ3) is 4.71. The van der Waals surface area contributed by atoms with E-state index < -0.39 is 0 Å². The Hall–Kier alpha value is -1.80. The lowest BCUT2D eigenvalue weighted by Gasteiger charge is -2.09. The summed E-state index contributed by atoms with van der Waals surface area (Å²) < 4.78 is 6.35. The zero-order chi connectivity index (χ0) is 15.1. The molecule has 0 aromatic heterocycles. The highest BCUT2D eigenvalue weighted by Crippen LogP contribution is 2.25. The van der Waals surface area contributed by atoms with Gasteiger partial charge in [0.25, 0.3) is 5.91 Å². The predicted octanol–water partition coefficient (Wildman–Crippen LogP) is 3.28. The second-order valence-electron chi connectivity index (χ2n) is 4.41. The highest BCUT2D eigenvalue weighted by Gasteiger charge is 2.12. The Kier molecular flexibility index (Phi) is 6.26. The number of ether oxygens (including phenoxy) is 1. The summed E-state index contributed by atoms with van der Waals surface area (Å²) in [6.45, 7) is 6.09. The van der Waals surface area contributed by atoms with Gasteiger partial charge in [0.15, 0.2) is 0 Å². The van der Waals surface area contributed by atoms with Crippen molar-refractivity contribution in [1.82, 2.24) is 5.32 Å². The van der Waals surface area contributed by atoms with Crippen molar-refractivity contribution in [2.24, 2.45) is 0 Å². The van der Waals surface area contributed by atoms with Crippen molar-refractivity contribution in [3.63, 3.8) is 0 Å². The molecule has 1 rings (SSSR count). The van der Waals surface area contributed by atoms with Crippen molar-refractivity contribution in [3.05, 3.63) is 33.8 Å². The maximum Gasteiger partial charge on any atom is 0.262 e. The van der Waals surface area contributed by atoms with E-state index in [2.05, 4.69) is 21.2 Å². The van der Waals surface area contributed by atoms with Crippen LogP contribution in [-0.4, -0.2) is 18.6 Å². The average Bonchev–Trinajstić information content (AvgIpc) is 2.38. The van der Waals surface area contributed by atoms with E-state index in [1.165, 1.54) is 6.08 Å². The molecule has 106 valence electrons. The first-order chi connectivity index (χ1) is 9.47. The molecule has 0 heterocycles. The maximum atomic E-state index is 11.9. The predicted molar refractivity (Wildman–Crippen MR) is 82.2 cm³/mol. The molecule has 0 fully saturated rings. The van der Waals surface area contributed by atoms with Gasteiger partial charge in [-0.25, -0.2) is 0 Å². The summed E-state index contributed by atoms with van der Waals surface area (Å²) in [6.07, 6.45) is 1.54. The van der Waals surface area contributed by atoms with Gasteiger partial charge < -0.3 is 10.1 Å². The molecule has 0 atom stereocenters. The summed E-state index contributed by atoms with van der Waals surface area (Å²) in [7, 11) is 0. The molecule has 20 heavy (non-hydrogen) atoms. The van der Waals surface area contributed by atoms with Gasteiger partial charge in [-0.3, -0.25) is 4.79 Å². The first kappa shape index (κ1) is 16.3. The fourth-order valence-electron chi connectivity index (χ4n) is 1.56. The van der Waals surface area contributed by atoms with E-state index in [1.54, 1.807) is 6.07 Å². The van der Waals surface area contributed by atoms with E-state index in [0.717, 1.165) is 4.47 Å². The molecule has 0 aliphatic carbocycles. The number of nitrogens with one attached hydrogen (secondary N) is 1. The summed E-state index contributed by atoms with van der Waals surface area (Å²) >= 11 is 3.37. The highest BCUT2D eigenvalue weighted by molar-refractivity contribution is 9.10. The first-order valence-electron chi connectivity index (χ1n) is 6.33. The van der Waals surface area contributed by atoms with Gasteiger partial charge in [0, 0.05) is 16.1 Å². The number of carbonyl (C=O) groups is 1. The Bertz CT molecular complexity index is 559. The van der Waals surface area contributed by atoms with Crippen molar-refractivity contribution in [3.8, 4) is 11.8 Å². The normalized spacial score (nSPS) is 11.1. The van der Waals surface area contributed by atoms with Crippen LogP contribution in [0.25, 0.3) is 6.08 Å². The van der Waals surface area contributed by atoms with Crippen LogP contribution >= 0.6 is 15.9 Å². The van der Waals surface area contributed by atoms with Crippen molar-refractivity contribution in [2.75, 3.05) is 6.61 Å². The van der Waals surface area contributed by atoms with Gasteiger partial charge in [-0.05, 0) is 45.0 Å². The standard InChI is InChI=1S/C15H17BrN2O2/c1-4-20-14-6-5-13(16)8-11(14)7-12(9-17)15(19)18-10(2)3/h5-8,10H,4H2,1-3H3,(H,18,19)/b12-7+. The quantitative estimate of drug-likeness (QED) is 0.662. The SMILES string of the molecule is CCOc1ccc(Br)cc1/C=C(\C#N)C(=O)NC(C)C. The van der Waals surface area contributed by atoms with Gasteiger partial charge >= 0.3 is 0 Å². The lowest BCUT2D eigenvalue weighted by Crippen LogP contribution is -2.30. The summed E-state index contributed by atoms with van der Waals surface area (Å²) in [6, 6.07) is 7.36. The molecule has 0 saturated heterocycles. The smallest absolute Gasteiger partial charge is 0.262 e. The second kappa shape index (κ2) is 7.71. The number of hydrogen-bond acceptors (Lipinski definition) is 3. The minimum atomic E-state index is -0.384. The number of rotatable bonds is 5. The van der Waals surface area contributed by atoms with Crippen LogP contribution in [0.1, 0.15) is 26.3 Å². The van der Waals surface area contributed by atoms with E-state index in [4.69, 9.17) is 10.00 Å². The molecular formula is C15H17BrN2O2. The molecule has 1 aromatic rings.